The van der Waals surface area contributed by atoms with Crippen molar-refractivity contribution in [1.82, 2.24) is 16.0 Å². The highest BCUT2D eigenvalue weighted by Gasteiger charge is 2.10. The number of guanidine groups is 1. The van der Waals surface area contributed by atoms with Crippen LogP contribution in [0, 0.1) is 6.92 Å². The van der Waals surface area contributed by atoms with Gasteiger partial charge in [0.05, 0.1) is 12.6 Å². The molecular formula is C21H28N4O2. The van der Waals surface area contributed by atoms with Gasteiger partial charge in [-0.3, -0.25) is 9.79 Å². The lowest BCUT2D eigenvalue weighted by atomic mass is 10.0. The first-order valence-corrected chi connectivity index (χ1v) is 9.19. The Balaban J connectivity index is 1.88. The Morgan fingerprint density at radius 1 is 1.11 bits per heavy atom. The molecule has 0 aliphatic heterocycles. The van der Waals surface area contributed by atoms with E-state index in [1.54, 1.807) is 12.1 Å². The predicted octanol–water partition coefficient (Wildman–Crippen LogP) is 2.75. The van der Waals surface area contributed by atoms with E-state index >= 15 is 0 Å². The molecule has 0 aliphatic carbocycles. The van der Waals surface area contributed by atoms with Gasteiger partial charge >= 0.3 is 0 Å². The molecule has 0 saturated heterocycles. The second-order valence-electron chi connectivity index (χ2n) is 6.29. The van der Waals surface area contributed by atoms with Crippen LogP contribution >= 0.6 is 0 Å². The van der Waals surface area contributed by atoms with Gasteiger partial charge in [-0.2, -0.15) is 0 Å². The molecule has 0 spiro atoms. The number of carbonyl (C=O) groups is 1. The van der Waals surface area contributed by atoms with Crippen molar-refractivity contribution in [3.63, 3.8) is 0 Å². The smallest absolute Gasteiger partial charge is 0.251 e. The summed E-state index contributed by atoms with van der Waals surface area (Å²) in [6.45, 7) is 7.85. The molecule has 1 amide bonds. The van der Waals surface area contributed by atoms with E-state index in [4.69, 9.17) is 0 Å². The number of aryl methyl sites for hydroxylation is 1. The van der Waals surface area contributed by atoms with Crippen LogP contribution < -0.4 is 16.0 Å². The fourth-order valence-electron chi connectivity index (χ4n) is 2.73. The molecule has 0 aliphatic rings. The van der Waals surface area contributed by atoms with Crippen LogP contribution in [0.15, 0.2) is 53.5 Å². The molecule has 2 aromatic carbocycles. The number of carbonyl (C=O) groups excluding carboxylic acids is 1. The highest BCUT2D eigenvalue weighted by molar-refractivity contribution is 5.94. The van der Waals surface area contributed by atoms with Crippen LogP contribution in [-0.4, -0.2) is 36.6 Å². The molecule has 0 radical (unpaired) electrons. The third kappa shape index (κ3) is 6.33. The molecule has 0 fully saturated rings. The second-order valence-corrected chi connectivity index (χ2v) is 6.29. The van der Waals surface area contributed by atoms with E-state index in [0.717, 1.165) is 6.54 Å². The summed E-state index contributed by atoms with van der Waals surface area (Å²) in [5.41, 5.74) is 2.97. The summed E-state index contributed by atoms with van der Waals surface area (Å²) >= 11 is 0. The summed E-state index contributed by atoms with van der Waals surface area (Å²) in [4.78, 5) is 16.6. The number of phenolic OH excluding ortho intramolecular Hbond substituents is 1. The standard InChI is InChI=1S/C21H28N4O2/c1-4-22-21(25-16(3)19-8-6-5-7-15(19)2)24-14-13-23-20(27)17-9-11-18(26)12-10-17/h5-12,16,26H,4,13-14H2,1-3H3,(H,23,27)(H2,22,24,25). The summed E-state index contributed by atoms with van der Waals surface area (Å²) in [5.74, 6) is 0.670. The average molecular weight is 368 g/mol. The molecule has 4 N–H and O–H groups in total. The molecule has 2 rings (SSSR count). The third-order valence-corrected chi connectivity index (χ3v) is 4.15. The average Bonchev–Trinajstić information content (AvgIpc) is 2.66. The largest absolute Gasteiger partial charge is 0.508 e. The van der Waals surface area contributed by atoms with Crippen molar-refractivity contribution in [3.05, 3.63) is 65.2 Å². The Kier molecular flexibility index (Phi) is 7.67. The molecule has 0 saturated carbocycles. The van der Waals surface area contributed by atoms with Gasteiger partial charge in [0.25, 0.3) is 5.91 Å². The summed E-state index contributed by atoms with van der Waals surface area (Å²) in [6.07, 6.45) is 0. The number of nitrogens with zero attached hydrogens (tertiary/aromatic N) is 1. The molecule has 0 bridgehead atoms. The lowest BCUT2D eigenvalue weighted by Gasteiger charge is -2.19. The van der Waals surface area contributed by atoms with Crippen molar-refractivity contribution in [3.8, 4) is 5.75 Å². The minimum Gasteiger partial charge on any atom is -0.508 e. The normalized spacial score (nSPS) is 12.3. The Morgan fingerprint density at radius 2 is 1.81 bits per heavy atom. The van der Waals surface area contributed by atoms with Gasteiger partial charge in [0.2, 0.25) is 0 Å². The third-order valence-electron chi connectivity index (χ3n) is 4.15. The minimum atomic E-state index is -0.184. The van der Waals surface area contributed by atoms with Crippen molar-refractivity contribution >= 4 is 11.9 Å². The summed E-state index contributed by atoms with van der Waals surface area (Å²) in [7, 11) is 0. The number of aliphatic imine (C=N–C) groups is 1. The van der Waals surface area contributed by atoms with Gasteiger partial charge < -0.3 is 21.1 Å². The number of amides is 1. The van der Waals surface area contributed by atoms with Gasteiger partial charge in [-0.05, 0) is 56.2 Å². The van der Waals surface area contributed by atoms with Gasteiger partial charge in [0.15, 0.2) is 5.96 Å². The first-order valence-electron chi connectivity index (χ1n) is 9.19. The van der Waals surface area contributed by atoms with Crippen LogP contribution in [0.3, 0.4) is 0 Å². The summed E-state index contributed by atoms with van der Waals surface area (Å²) in [5, 5.41) is 18.7. The Labute approximate surface area is 160 Å². The monoisotopic (exact) mass is 368 g/mol. The highest BCUT2D eigenvalue weighted by Crippen LogP contribution is 2.16. The number of nitrogens with one attached hydrogen (secondary N) is 3. The lowest BCUT2D eigenvalue weighted by Crippen LogP contribution is -2.39. The number of phenols is 1. The van der Waals surface area contributed by atoms with E-state index in [9.17, 15) is 9.90 Å². The second kappa shape index (κ2) is 10.2. The van der Waals surface area contributed by atoms with Crippen LogP contribution in [0.4, 0.5) is 0 Å². The van der Waals surface area contributed by atoms with E-state index in [1.165, 1.54) is 23.3 Å². The number of rotatable bonds is 7. The Hall–Kier alpha value is -3.02. The van der Waals surface area contributed by atoms with E-state index in [2.05, 4.69) is 46.9 Å². The maximum Gasteiger partial charge on any atom is 0.251 e. The minimum absolute atomic E-state index is 0.121. The first-order chi connectivity index (χ1) is 13.0. The molecule has 1 atom stereocenters. The van der Waals surface area contributed by atoms with Gasteiger partial charge in [0.1, 0.15) is 5.75 Å². The molecule has 1 unspecified atom stereocenters. The highest BCUT2D eigenvalue weighted by atomic mass is 16.3. The lowest BCUT2D eigenvalue weighted by molar-refractivity contribution is 0.0955. The zero-order chi connectivity index (χ0) is 19.6. The van der Waals surface area contributed by atoms with Crippen LogP contribution in [0.1, 0.15) is 41.4 Å². The number of hydrogen-bond donors (Lipinski definition) is 4. The molecular weight excluding hydrogens is 340 g/mol. The van der Waals surface area contributed by atoms with E-state index < -0.39 is 0 Å². The van der Waals surface area contributed by atoms with Crippen molar-refractivity contribution in [1.29, 1.82) is 0 Å². The SMILES string of the molecule is CCNC(=NCCNC(=O)c1ccc(O)cc1)NC(C)c1ccccc1C. The quantitative estimate of drug-likeness (QED) is 0.344. The zero-order valence-corrected chi connectivity index (χ0v) is 16.1. The summed E-state index contributed by atoms with van der Waals surface area (Å²) < 4.78 is 0. The molecule has 2 aromatic rings. The van der Waals surface area contributed by atoms with Gasteiger partial charge in [-0.15, -0.1) is 0 Å². The van der Waals surface area contributed by atoms with Crippen molar-refractivity contribution in [2.45, 2.75) is 26.8 Å². The van der Waals surface area contributed by atoms with Crippen molar-refractivity contribution in [2.24, 2.45) is 4.99 Å². The van der Waals surface area contributed by atoms with Crippen LogP contribution in [0.2, 0.25) is 0 Å². The van der Waals surface area contributed by atoms with Gasteiger partial charge in [0, 0.05) is 18.7 Å². The molecule has 6 heteroatoms. The van der Waals surface area contributed by atoms with E-state index in [-0.39, 0.29) is 17.7 Å². The fraction of sp³-hybridized carbons (Fsp3) is 0.333. The fourth-order valence-corrected chi connectivity index (χ4v) is 2.73. The van der Waals surface area contributed by atoms with Crippen molar-refractivity contribution < 1.29 is 9.90 Å². The van der Waals surface area contributed by atoms with E-state index in [0.29, 0.717) is 24.6 Å². The van der Waals surface area contributed by atoms with Gasteiger partial charge in [-0.25, -0.2) is 0 Å². The predicted molar refractivity (Wildman–Crippen MR) is 109 cm³/mol. The van der Waals surface area contributed by atoms with Gasteiger partial charge in [-0.1, -0.05) is 24.3 Å². The Bertz CT molecular complexity index is 772. The Morgan fingerprint density at radius 3 is 2.48 bits per heavy atom. The van der Waals surface area contributed by atoms with Crippen LogP contribution in [0.25, 0.3) is 0 Å². The maximum atomic E-state index is 12.1. The topological polar surface area (TPSA) is 85.8 Å². The van der Waals surface area contributed by atoms with E-state index in [1.807, 2.05) is 19.1 Å². The molecule has 144 valence electrons. The molecule has 27 heavy (non-hydrogen) atoms. The molecule has 0 aromatic heterocycles. The number of hydrogen-bond acceptors (Lipinski definition) is 3. The molecule has 0 heterocycles. The zero-order valence-electron chi connectivity index (χ0n) is 16.1. The number of benzene rings is 2. The van der Waals surface area contributed by atoms with Crippen LogP contribution in [0.5, 0.6) is 5.75 Å². The van der Waals surface area contributed by atoms with Crippen molar-refractivity contribution in [2.75, 3.05) is 19.6 Å². The summed E-state index contributed by atoms with van der Waals surface area (Å²) in [6, 6.07) is 14.5. The maximum absolute atomic E-state index is 12.1. The first kappa shape index (κ1) is 20.3. The number of aromatic hydroxyl groups is 1. The van der Waals surface area contributed by atoms with Crippen LogP contribution in [-0.2, 0) is 0 Å². The molecule has 6 nitrogen and oxygen atoms in total.